The second kappa shape index (κ2) is 10.1. The van der Waals surface area contributed by atoms with Crippen LogP contribution in [0.5, 0.6) is 5.75 Å². The highest BCUT2D eigenvalue weighted by Crippen LogP contribution is 2.19. The molecule has 0 saturated carbocycles. The number of fused-ring (bicyclic) bond motifs is 1. The van der Waals surface area contributed by atoms with Gasteiger partial charge in [0.25, 0.3) is 0 Å². The van der Waals surface area contributed by atoms with E-state index in [1.165, 1.54) is 11.1 Å². The molecule has 5 nitrogen and oxygen atoms in total. The van der Waals surface area contributed by atoms with Crippen LogP contribution in [0.1, 0.15) is 43.1 Å². The SMILES string of the molecule is CCCC(=O)NCCc1nc2ccccc2n1CCCOc1cc(C)cc(C)c1. The van der Waals surface area contributed by atoms with Crippen LogP contribution in [-0.2, 0) is 17.8 Å². The lowest BCUT2D eigenvalue weighted by molar-refractivity contribution is -0.121. The summed E-state index contributed by atoms with van der Waals surface area (Å²) in [7, 11) is 0. The van der Waals surface area contributed by atoms with E-state index in [0.717, 1.165) is 48.4 Å². The number of amides is 1. The summed E-state index contributed by atoms with van der Waals surface area (Å²) in [5, 5.41) is 2.99. The molecular formula is C24H31N3O2. The van der Waals surface area contributed by atoms with Crippen LogP contribution in [0.4, 0.5) is 0 Å². The van der Waals surface area contributed by atoms with Gasteiger partial charge >= 0.3 is 0 Å². The molecule has 0 saturated heterocycles. The highest BCUT2D eigenvalue weighted by atomic mass is 16.5. The van der Waals surface area contributed by atoms with Gasteiger partial charge in [0.15, 0.2) is 0 Å². The van der Waals surface area contributed by atoms with Crippen molar-refractivity contribution in [2.75, 3.05) is 13.2 Å². The lowest BCUT2D eigenvalue weighted by Gasteiger charge is -2.12. The third kappa shape index (κ3) is 5.83. The molecule has 0 aliphatic carbocycles. The number of hydrogen-bond acceptors (Lipinski definition) is 3. The number of para-hydroxylation sites is 2. The number of benzene rings is 2. The van der Waals surface area contributed by atoms with Crippen molar-refractivity contribution in [3.05, 3.63) is 59.4 Å². The summed E-state index contributed by atoms with van der Waals surface area (Å²) in [5.41, 5.74) is 4.56. The maximum atomic E-state index is 11.7. The van der Waals surface area contributed by atoms with Gasteiger partial charge in [0.05, 0.1) is 17.6 Å². The minimum atomic E-state index is 0.108. The number of hydrogen-bond donors (Lipinski definition) is 1. The lowest BCUT2D eigenvalue weighted by atomic mass is 10.1. The Bertz CT molecular complexity index is 942. The van der Waals surface area contributed by atoms with E-state index in [2.05, 4.69) is 48.0 Å². The van der Waals surface area contributed by atoms with Gasteiger partial charge in [-0.15, -0.1) is 0 Å². The summed E-state index contributed by atoms with van der Waals surface area (Å²) < 4.78 is 8.22. The van der Waals surface area contributed by atoms with Gasteiger partial charge in [0, 0.05) is 25.9 Å². The smallest absolute Gasteiger partial charge is 0.219 e. The van der Waals surface area contributed by atoms with Crippen LogP contribution in [0.25, 0.3) is 11.0 Å². The molecule has 5 heteroatoms. The van der Waals surface area contributed by atoms with Crippen molar-refractivity contribution < 1.29 is 9.53 Å². The first-order valence-corrected chi connectivity index (χ1v) is 10.5. The second-order valence-corrected chi connectivity index (χ2v) is 7.54. The van der Waals surface area contributed by atoms with E-state index in [0.29, 0.717) is 19.6 Å². The van der Waals surface area contributed by atoms with Crippen molar-refractivity contribution >= 4 is 16.9 Å². The molecule has 0 aliphatic heterocycles. The van der Waals surface area contributed by atoms with E-state index >= 15 is 0 Å². The van der Waals surface area contributed by atoms with Gasteiger partial charge in [-0.25, -0.2) is 4.98 Å². The van der Waals surface area contributed by atoms with Crippen LogP contribution in [0.2, 0.25) is 0 Å². The lowest BCUT2D eigenvalue weighted by Crippen LogP contribution is -2.26. The second-order valence-electron chi connectivity index (χ2n) is 7.54. The van der Waals surface area contributed by atoms with Crippen molar-refractivity contribution in [1.29, 1.82) is 0 Å². The Hall–Kier alpha value is -2.82. The summed E-state index contributed by atoms with van der Waals surface area (Å²) in [6, 6.07) is 14.5. The molecule has 0 unspecified atom stereocenters. The van der Waals surface area contributed by atoms with E-state index in [1.54, 1.807) is 0 Å². The van der Waals surface area contributed by atoms with Gasteiger partial charge in [-0.3, -0.25) is 4.79 Å². The van der Waals surface area contributed by atoms with E-state index < -0.39 is 0 Å². The van der Waals surface area contributed by atoms with Crippen molar-refractivity contribution in [3.63, 3.8) is 0 Å². The molecule has 1 heterocycles. The zero-order valence-electron chi connectivity index (χ0n) is 17.7. The van der Waals surface area contributed by atoms with Gasteiger partial charge in [-0.1, -0.05) is 25.1 Å². The first-order chi connectivity index (χ1) is 14.1. The maximum Gasteiger partial charge on any atom is 0.219 e. The molecule has 0 radical (unpaired) electrons. The van der Waals surface area contributed by atoms with Gasteiger partial charge in [0.2, 0.25) is 5.91 Å². The Kier molecular flexibility index (Phi) is 7.28. The third-order valence-corrected chi connectivity index (χ3v) is 4.87. The number of aryl methyl sites for hydroxylation is 3. The summed E-state index contributed by atoms with van der Waals surface area (Å²) in [6.07, 6.45) is 3.06. The number of imidazole rings is 1. The van der Waals surface area contributed by atoms with E-state index in [-0.39, 0.29) is 5.91 Å². The Labute approximate surface area is 173 Å². The topological polar surface area (TPSA) is 56.2 Å². The van der Waals surface area contributed by atoms with E-state index in [9.17, 15) is 4.79 Å². The fraction of sp³-hybridized carbons (Fsp3) is 0.417. The number of carbonyl (C=O) groups is 1. The molecule has 0 bridgehead atoms. The van der Waals surface area contributed by atoms with Crippen molar-refractivity contribution in [2.45, 2.75) is 53.0 Å². The predicted octanol–water partition coefficient (Wildman–Crippen LogP) is 4.58. The van der Waals surface area contributed by atoms with Crippen molar-refractivity contribution in [3.8, 4) is 5.75 Å². The van der Waals surface area contributed by atoms with Crippen LogP contribution >= 0.6 is 0 Å². The number of rotatable bonds is 10. The predicted molar refractivity (Wildman–Crippen MR) is 117 cm³/mol. The highest BCUT2D eigenvalue weighted by Gasteiger charge is 2.11. The largest absolute Gasteiger partial charge is 0.494 e. The molecule has 1 aromatic heterocycles. The summed E-state index contributed by atoms with van der Waals surface area (Å²) in [5.74, 6) is 2.04. The summed E-state index contributed by atoms with van der Waals surface area (Å²) in [4.78, 5) is 16.5. The van der Waals surface area contributed by atoms with Gasteiger partial charge in [0.1, 0.15) is 11.6 Å². The average Bonchev–Trinajstić information content (AvgIpc) is 3.02. The van der Waals surface area contributed by atoms with Crippen molar-refractivity contribution in [2.24, 2.45) is 0 Å². The quantitative estimate of drug-likeness (QED) is 0.513. The molecule has 154 valence electrons. The fourth-order valence-electron chi connectivity index (χ4n) is 3.62. The number of aromatic nitrogens is 2. The minimum Gasteiger partial charge on any atom is -0.494 e. The van der Waals surface area contributed by atoms with Crippen LogP contribution in [0, 0.1) is 13.8 Å². The van der Waals surface area contributed by atoms with Gasteiger partial charge in [-0.2, -0.15) is 0 Å². The normalized spacial score (nSPS) is 11.0. The molecule has 29 heavy (non-hydrogen) atoms. The number of nitrogens with one attached hydrogen (secondary N) is 1. The molecule has 0 aliphatic rings. The Morgan fingerprint density at radius 2 is 1.90 bits per heavy atom. The fourth-order valence-corrected chi connectivity index (χ4v) is 3.62. The maximum absolute atomic E-state index is 11.7. The summed E-state index contributed by atoms with van der Waals surface area (Å²) in [6.45, 7) is 8.29. The van der Waals surface area contributed by atoms with E-state index in [1.807, 2.05) is 25.1 Å². The molecular weight excluding hydrogens is 362 g/mol. The number of ether oxygens (including phenoxy) is 1. The number of carbonyl (C=O) groups excluding carboxylic acids is 1. The average molecular weight is 394 g/mol. The third-order valence-electron chi connectivity index (χ3n) is 4.87. The first kappa shape index (κ1) is 20.9. The van der Waals surface area contributed by atoms with E-state index in [4.69, 9.17) is 9.72 Å². The molecule has 2 aromatic carbocycles. The van der Waals surface area contributed by atoms with Crippen LogP contribution < -0.4 is 10.1 Å². The Morgan fingerprint density at radius 1 is 1.14 bits per heavy atom. The molecule has 0 spiro atoms. The van der Waals surface area contributed by atoms with Gasteiger partial charge in [-0.05, 0) is 62.1 Å². The standard InChI is InChI=1S/C24H31N3O2/c1-4-8-24(28)25-12-11-23-26-21-9-5-6-10-22(21)27(23)13-7-14-29-20-16-18(2)15-19(3)17-20/h5-6,9-10,15-17H,4,7-8,11-14H2,1-3H3,(H,25,28). The van der Waals surface area contributed by atoms with Crippen LogP contribution in [0.3, 0.4) is 0 Å². The zero-order chi connectivity index (χ0) is 20.6. The molecule has 1 amide bonds. The highest BCUT2D eigenvalue weighted by molar-refractivity contribution is 5.76. The van der Waals surface area contributed by atoms with Crippen molar-refractivity contribution in [1.82, 2.24) is 14.9 Å². The molecule has 3 aromatic rings. The first-order valence-electron chi connectivity index (χ1n) is 10.5. The van der Waals surface area contributed by atoms with Crippen LogP contribution in [-0.4, -0.2) is 28.6 Å². The molecule has 3 rings (SSSR count). The summed E-state index contributed by atoms with van der Waals surface area (Å²) >= 11 is 0. The Balaban J connectivity index is 1.61. The number of nitrogens with zero attached hydrogens (tertiary/aromatic N) is 2. The van der Waals surface area contributed by atoms with Crippen LogP contribution in [0.15, 0.2) is 42.5 Å². The zero-order valence-corrected chi connectivity index (χ0v) is 17.7. The monoisotopic (exact) mass is 393 g/mol. The van der Waals surface area contributed by atoms with Gasteiger partial charge < -0.3 is 14.6 Å². The Morgan fingerprint density at radius 3 is 2.66 bits per heavy atom. The minimum absolute atomic E-state index is 0.108. The molecule has 0 atom stereocenters. The molecule has 1 N–H and O–H groups in total. The molecule has 0 fully saturated rings.